The maximum atomic E-state index is 14.3. The number of benzene rings is 2. The largest absolute Gasteiger partial charge is 0.481 e. The molecule has 2 amide bonds. The second kappa shape index (κ2) is 12.8. The van der Waals surface area contributed by atoms with Crippen LogP contribution < -0.4 is 9.64 Å². The maximum absolute atomic E-state index is 14.3. The van der Waals surface area contributed by atoms with Gasteiger partial charge in [0.05, 0.1) is 22.7 Å². The van der Waals surface area contributed by atoms with E-state index in [9.17, 15) is 22.4 Å². The van der Waals surface area contributed by atoms with E-state index in [2.05, 4.69) is 9.88 Å². The molecule has 43 heavy (non-hydrogen) atoms. The van der Waals surface area contributed by atoms with Crippen LogP contribution in [-0.4, -0.2) is 85.2 Å². The van der Waals surface area contributed by atoms with E-state index in [1.54, 1.807) is 30.2 Å². The first kappa shape index (κ1) is 31.2. The van der Waals surface area contributed by atoms with Gasteiger partial charge in [-0.15, -0.1) is 0 Å². The molecule has 0 aliphatic carbocycles. The molecule has 3 aromatic rings. The minimum atomic E-state index is -4.77. The Morgan fingerprint density at radius 2 is 1.74 bits per heavy atom. The van der Waals surface area contributed by atoms with Crippen molar-refractivity contribution in [1.82, 2.24) is 19.7 Å². The van der Waals surface area contributed by atoms with Gasteiger partial charge < -0.3 is 19.4 Å². The SMILES string of the molecule is COc1cccc(N2CCN(C(=O)N3CC(c4ccc(Cl)c(Cl)c4)C(N(C)Cc4ccc(C(F)(F)F)c(F)c4)C3)CC2)n1. The number of alkyl halides is 3. The summed E-state index contributed by atoms with van der Waals surface area (Å²) in [6.45, 7) is 3.21. The molecular formula is C30H31Cl2F4N5O2. The van der Waals surface area contributed by atoms with Crippen molar-refractivity contribution in [2.24, 2.45) is 0 Å². The summed E-state index contributed by atoms with van der Waals surface area (Å²) in [5, 5.41) is 0.794. The van der Waals surface area contributed by atoms with Crippen LogP contribution in [0.5, 0.6) is 5.88 Å². The molecule has 7 nitrogen and oxygen atoms in total. The van der Waals surface area contributed by atoms with Gasteiger partial charge in [-0.05, 0) is 48.5 Å². The van der Waals surface area contributed by atoms with E-state index in [4.69, 9.17) is 27.9 Å². The van der Waals surface area contributed by atoms with Crippen LogP contribution >= 0.6 is 23.2 Å². The molecule has 13 heteroatoms. The number of likely N-dealkylation sites (tertiary alicyclic amines) is 1. The van der Waals surface area contributed by atoms with E-state index >= 15 is 0 Å². The van der Waals surface area contributed by atoms with Crippen LogP contribution in [0.2, 0.25) is 10.0 Å². The van der Waals surface area contributed by atoms with Gasteiger partial charge >= 0.3 is 12.2 Å². The smallest absolute Gasteiger partial charge is 0.419 e. The van der Waals surface area contributed by atoms with Crippen molar-refractivity contribution in [2.75, 3.05) is 58.3 Å². The number of hydrogen-bond acceptors (Lipinski definition) is 5. The monoisotopic (exact) mass is 639 g/mol. The number of methoxy groups -OCH3 is 1. The zero-order valence-electron chi connectivity index (χ0n) is 23.6. The van der Waals surface area contributed by atoms with Crippen LogP contribution in [0.1, 0.15) is 22.6 Å². The molecule has 2 atom stereocenters. The number of ether oxygens (including phenoxy) is 1. The lowest BCUT2D eigenvalue weighted by Gasteiger charge is -2.37. The Balaban J connectivity index is 1.31. The fraction of sp³-hybridized carbons (Fsp3) is 0.400. The lowest BCUT2D eigenvalue weighted by Crippen LogP contribution is -2.53. The molecule has 1 aromatic heterocycles. The zero-order chi connectivity index (χ0) is 30.9. The molecule has 0 radical (unpaired) electrons. The summed E-state index contributed by atoms with van der Waals surface area (Å²) in [5.74, 6) is -0.166. The Bertz CT molecular complexity index is 1470. The Morgan fingerprint density at radius 3 is 2.40 bits per heavy atom. The van der Waals surface area contributed by atoms with Gasteiger partial charge in [0.25, 0.3) is 0 Å². The molecule has 0 saturated carbocycles. The number of piperazine rings is 1. The molecule has 2 aliphatic rings. The highest BCUT2D eigenvalue weighted by Crippen LogP contribution is 2.36. The van der Waals surface area contributed by atoms with Gasteiger partial charge in [-0.3, -0.25) is 4.90 Å². The van der Waals surface area contributed by atoms with Gasteiger partial charge in [-0.1, -0.05) is 41.4 Å². The quantitative estimate of drug-likeness (QED) is 0.292. The molecule has 0 bridgehead atoms. The van der Waals surface area contributed by atoms with E-state index in [1.165, 1.54) is 6.07 Å². The van der Waals surface area contributed by atoms with Crippen molar-refractivity contribution >= 4 is 35.1 Å². The van der Waals surface area contributed by atoms with E-state index in [-0.39, 0.29) is 24.5 Å². The number of likely N-dealkylation sites (N-methyl/N-ethyl adjacent to an activating group) is 1. The number of rotatable bonds is 6. The van der Waals surface area contributed by atoms with Crippen LogP contribution in [0.15, 0.2) is 54.6 Å². The number of carbonyl (C=O) groups is 1. The average molecular weight is 641 g/mol. The molecule has 0 spiro atoms. The molecule has 3 heterocycles. The second-order valence-electron chi connectivity index (χ2n) is 10.8. The van der Waals surface area contributed by atoms with Gasteiger partial charge in [-0.25, -0.2) is 9.18 Å². The number of carbonyl (C=O) groups excluding carboxylic acids is 1. The number of urea groups is 1. The molecule has 2 aliphatic heterocycles. The first-order valence-corrected chi connectivity index (χ1v) is 14.5. The van der Waals surface area contributed by atoms with E-state index in [0.717, 1.165) is 23.5 Å². The predicted molar refractivity (Wildman–Crippen MR) is 157 cm³/mol. The lowest BCUT2D eigenvalue weighted by molar-refractivity contribution is -0.140. The number of aromatic nitrogens is 1. The highest BCUT2D eigenvalue weighted by molar-refractivity contribution is 6.42. The van der Waals surface area contributed by atoms with Gasteiger partial charge in [0.1, 0.15) is 11.6 Å². The van der Waals surface area contributed by atoms with Crippen LogP contribution in [0.4, 0.5) is 28.2 Å². The van der Waals surface area contributed by atoms with Crippen molar-refractivity contribution in [2.45, 2.75) is 24.7 Å². The number of nitrogens with zero attached hydrogens (tertiary/aromatic N) is 5. The third-order valence-electron chi connectivity index (χ3n) is 8.06. The number of hydrogen-bond donors (Lipinski definition) is 0. The first-order chi connectivity index (χ1) is 20.4. The number of anilines is 1. The van der Waals surface area contributed by atoms with Crippen LogP contribution in [0.3, 0.4) is 0 Å². The van der Waals surface area contributed by atoms with Crippen molar-refractivity contribution in [3.63, 3.8) is 0 Å². The Kier molecular flexibility index (Phi) is 9.24. The Hall–Kier alpha value is -3.28. The van der Waals surface area contributed by atoms with Crippen LogP contribution in [-0.2, 0) is 12.7 Å². The highest BCUT2D eigenvalue weighted by Gasteiger charge is 2.41. The summed E-state index contributed by atoms with van der Waals surface area (Å²) in [4.78, 5) is 25.9. The molecule has 2 fully saturated rings. The first-order valence-electron chi connectivity index (χ1n) is 13.7. The third kappa shape index (κ3) is 6.94. The fourth-order valence-corrected chi connectivity index (χ4v) is 6.08. The number of halogens is 6. The van der Waals surface area contributed by atoms with E-state index in [0.29, 0.717) is 60.8 Å². The average Bonchev–Trinajstić information content (AvgIpc) is 3.43. The van der Waals surface area contributed by atoms with Crippen molar-refractivity contribution < 1.29 is 27.1 Å². The van der Waals surface area contributed by atoms with Crippen LogP contribution in [0.25, 0.3) is 0 Å². The number of amides is 2. The summed E-state index contributed by atoms with van der Waals surface area (Å²) in [6.07, 6.45) is -4.77. The maximum Gasteiger partial charge on any atom is 0.419 e. The number of pyridine rings is 1. The molecule has 2 unspecified atom stereocenters. The van der Waals surface area contributed by atoms with E-state index in [1.807, 2.05) is 35.0 Å². The second-order valence-corrected chi connectivity index (χ2v) is 11.6. The normalized spacial score (nSPS) is 19.3. The molecule has 2 saturated heterocycles. The van der Waals surface area contributed by atoms with Crippen LogP contribution in [0, 0.1) is 5.82 Å². The highest BCUT2D eigenvalue weighted by atomic mass is 35.5. The molecule has 230 valence electrons. The Morgan fingerprint density at radius 1 is 1.00 bits per heavy atom. The molecule has 0 N–H and O–H groups in total. The fourth-order valence-electron chi connectivity index (χ4n) is 5.77. The summed E-state index contributed by atoms with van der Waals surface area (Å²) < 4.78 is 58.8. The predicted octanol–water partition coefficient (Wildman–Crippen LogP) is 6.40. The molecule has 2 aromatic carbocycles. The molecular weight excluding hydrogens is 609 g/mol. The van der Waals surface area contributed by atoms with Gasteiger partial charge in [0.2, 0.25) is 5.88 Å². The zero-order valence-corrected chi connectivity index (χ0v) is 25.1. The summed E-state index contributed by atoms with van der Waals surface area (Å²) >= 11 is 12.5. The van der Waals surface area contributed by atoms with Crippen molar-refractivity contribution in [1.29, 1.82) is 0 Å². The van der Waals surface area contributed by atoms with E-state index < -0.39 is 17.6 Å². The Labute approximate surface area is 257 Å². The topological polar surface area (TPSA) is 52.2 Å². The van der Waals surface area contributed by atoms with Crippen molar-refractivity contribution in [3.8, 4) is 5.88 Å². The standard InChI is InChI=1S/C30H31Cl2F4N5O2/c1-38(16-19-6-8-22(25(33)14-19)30(34,35)36)26-18-41(17-21(26)20-7-9-23(31)24(32)15-20)29(42)40-12-10-39(11-13-40)27-4-3-5-28(37-27)43-2/h3-9,14-15,21,26H,10-13,16-18H2,1-2H3. The minimum absolute atomic E-state index is 0.0974. The van der Waals surface area contributed by atoms with Gasteiger partial charge in [0, 0.05) is 63.8 Å². The summed E-state index contributed by atoms with van der Waals surface area (Å²) in [6, 6.07) is 13.6. The summed E-state index contributed by atoms with van der Waals surface area (Å²) in [7, 11) is 3.38. The van der Waals surface area contributed by atoms with Crippen molar-refractivity contribution in [3.05, 3.63) is 87.2 Å². The van der Waals surface area contributed by atoms with Gasteiger partial charge in [0.15, 0.2) is 0 Å². The lowest BCUT2D eigenvalue weighted by atomic mass is 9.93. The van der Waals surface area contributed by atoms with Gasteiger partial charge in [-0.2, -0.15) is 18.2 Å². The third-order valence-corrected chi connectivity index (χ3v) is 8.80. The summed E-state index contributed by atoms with van der Waals surface area (Å²) in [5.41, 5.74) is -0.0190. The molecule has 5 rings (SSSR count). The minimum Gasteiger partial charge on any atom is -0.481 e.